The Morgan fingerprint density at radius 2 is 1.92 bits per heavy atom. The molecule has 136 valence electrons. The number of alkyl halides is 3. The fourth-order valence-electron chi connectivity index (χ4n) is 2.71. The molecule has 0 fully saturated rings. The number of nitrogens with one attached hydrogen (secondary N) is 1. The van der Waals surface area contributed by atoms with Gasteiger partial charge in [-0.2, -0.15) is 13.2 Å². The van der Waals surface area contributed by atoms with Crippen LogP contribution in [0, 0.1) is 6.92 Å². The minimum absolute atomic E-state index is 0.121. The normalized spacial score (nSPS) is 11.7. The Bertz CT molecular complexity index is 781. The van der Waals surface area contributed by atoms with Gasteiger partial charge in [0, 0.05) is 36.9 Å². The summed E-state index contributed by atoms with van der Waals surface area (Å²) in [5.74, 6) is -2.24. The number of ketones is 1. The molecule has 0 bridgehead atoms. The van der Waals surface area contributed by atoms with E-state index < -0.39 is 17.5 Å². The van der Waals surface area contributed by atoms with Crippen LogP contribution in [0.3, 0.4) is 0 Å². The number of carbonyl (C=O) groups excluding carboxylic acids is 2. The average molecular weight is 356 g/mol. The first-order valence-electron chi connectivity index (χ1n) is 7.72. The molecular weight excluding hydrogens is 337 g/mol. The second-order valence-corrected chi connectivity index (χ2v) is 5.59. The van der Waals surface area contributed by atoms with Gasteiger partial charge in [0.05, 0.1) is 5.56 Å². The summed E-state index contributed by atoms with van der Waals surface area (Å²) in [5.41, 5.74) is 0.130. The summed E-state index contributed by atoms with van der Waals surface area (Å²) in [6, 6.07) is 6.25. The van der Waals surface area contributed by atoms with Gasteiger partial charge in [0.2, 0.25) is 5.91 Å². The van der Waals surface area contributed by atoms with Gasteiger partial charge in [-0.15, -0.1) is 0 Å². The second kappa shape index (κ2) is 7.69. The van der Waals surface area contributed by atoms with Crippen LogP contribution in [-0.4, -0.2) is 42.7 Å². The number of Topliss-reactive ketones (excluding diaryl/α,β-unsaturated/α-hetero) is 1. The van der Waals surface area contributed by atoms with Gasteiger partial charge < -0.3 is 14.6 Å². The third kappa shape index (κ3) is 4.19. The topological polar surface area (TPSA) is 60.3 Å². The van der Waals surface area contributed by atoms with E-state index in [2.05, 4.69) is 5.32 Å². The molecule has 0 aliphatic carbocycles. The summed E-state index contributed by atoms with van der Waals surface area (Å²) < 4.78 is 45.0. The summed E-state index contributed by atoms with van der Waals surface area (Å²) in [5, 5.41) is 2.87. The number of nitrogens with zero attached hydrogens (tertiary/aromatic N) is 1. The van der Waals surface area contributed by atoms with Crippen LogP contribution in [0.2, 0.25) is 0 Å². The minimum Gasteiger partial charge on any atom is -0.385 e. The molecule has 5 nitrogen and oxygen atoms in total. The molecule has 0 aliphatic heterocycles. The van der Waals surface area contributed by atoms with Gasteiger partial charge in [-0.3, -0.25) is 9.59 Å². The van der Waals surface area contributed by atoms with E-state index in [9.17, 15) is 22.8 Å². The van der Waals surface area contributed by atoms with Gasteiger partial charge in [-0.25, -0.2) is 0 Å². The molecule has 1 aromatic heterocycles. The van der Waals surface area contributed by atoms with Crippen LogP contribution in [0.25, 0.3) is 10.9 Å². The Balaban J connectivity index is 2.33. The monoisotopic (exact) mass is 356 g/mol. The number of hydrogen-bond donors (Lipinski definition) is 1. The fraction of sp³-hybridized carbons (Fsp3) is 0.412. The summed E-state index contributed by atoms with van der Waals surface area (Å²) >= 11 is 0. The first-order chi connectivity index (χ1) is 11.8. The van der Waals surface area contributed by atoms with E-state index in [-0.39, 0.29) is 23.5 Å². The maximum absolute atomic E-state index is 12.9. The van der Waals surface area contributed by atoms with E-state index in [4.69, 9.17) is 4.74 Å². The molecule has 0 aliphatic rings. The molecule has 1 amide bonds. The number of carbonyl (C=O) groups is 2. The highest BCUT2D eigenvalue weighted by Gasteiger charge is 2.42. The molecule has 0 spiro atoms. The van der Waals surface area contributed by atoms with E-state index in [1.807, 2.05) is 0 Å². The Kier molecular flexibility index (Phi) is 5.84. The maximum atomic E-state index is 12.9. The van der Waals surface area contributed by atoms with Crippen molar-refractivity contribution < 1.29 is 27.5 Å². The molecule has 0 radical (unpaired) electrons. The van der Waals surface area contributed by atoms with Gasteiger partial charge in [-0.1, -0.05) is 18.2 Å². The van der Waals surface area contributed by atoms with Gasteiger partial charge in [0.1, 0.15) is 6.54 Å². The lowest BCUT2D eigenvalue weighted by molar-refractivity contribution is -0.121. The number of benzene rings is 1. The first kappa shape index (κ1) is 19.0. The van der Waals surface area contributed by atoms with E-state index >= 15 is 0 Å². The number of para-hydroxylation sites is 1. The van der Waals surface area contributed by atoms with Crippen molar-refractivity contribution in [1.29, 1.82) is 0 Å². The number of ether oxygens (including phenoxy) is 1. The molecule has 1 aromatic carbocycles. The molecule has 0 unspecified atom stereocenters. The van der Waals surface area contributed by atoms with Crippen LogP contribution in [0.5, 0.6) is 0 Å². The lowest BCUT2D eigenvalue weighted by Gasteiger charge is -2.10. The van der Waals surface area contributed by atoms with Crippen molar-refractivity contribution in [3.8, 4) is 0 Å². The highest BCUT2D eigenvalue weighted by atomic mass is 19.4. The number of fused-ring (bicyclic) bond motifs is 1. The molecule has 1 N–H and O–H groups in total. The van der Waals surface area contributed by atoms with Crippen LogP contribution < -0.4 is 5.32 Å². The number of methoxy groups -OCH3 is 1. The van der Waals surface area contributed by atoms with Crippen LogP contribution >= 0.6 is 0 Å². The zero-order valence-corrected chi connectivity index (χ0v) is 13.9. The Hall–Kier alpha value is -2.35. The molecule has 1 heterocycles. The molecule has 2 aromatic rings. The summed E-state index contributed by atoms with van der Waals surface area (Å²) in [4.78, 5) is 23.9. The van der Waals surface area contributed by atoms with Crippen molar-refractivity contribution >= 4 is 22.6 Å². The summed E-state index contributed by atoms with van der Waals surface area (Å²) in [6.45, 7) is 2.15. The standard InChI is InChI=1S/C17H19F3N2O3/c1-11-15(16(24)17(18,19)20)12-6-3-4-7-13(12)22(11)10-14(23)21-8-5-9-25-2/h3-4,6-7H,5,8-10H2,1-2H3,(H,21,23). The average Bonchev–Trinajstić information content (AvgIpc) is 2.82. The predicted octanol–water partition coefficient (Wildman–Crippen LogP) is 2.85. The highest BCUT2D eigenvalue weighted by Crippen LogP contribution is 2.31. The Labute approximate surface area is 142 Å². The number of halogens is 3. The van der Waals surface area contributed by atoms with Crippen LogP contribution in [0.4, 0.5) is 13.2 Å². The van der Waals surface area contributed by atoms with Crippen molar-refractivity contribution in [1.82, 2.24) is 9.88 Å². The maximum Gasteiger partial charge on any atom is 0.454 e. The zero-order chi connectivity index (χ0) is 18.6. The van der Waals surface area contributed by atoms with E-state index in [1.54, 1.807) is 25.3 Å². The van der Waals surface area contributed by atoms with Crippen molar-refractivity contribution in [2.24, 2.45) is 0 Å². The van der Waals surface area contributed by atoms with Crippen LogP contribution in [0.15, 0.2) is 24.3 Å². The number of rotatable bonds is 7. The summed E-state index contributed by atoms with van der Waals surface area (Å²) in [6.07, 6.45) is -4.34. The van der Waals surface area contributed by atoms with Crippen LogP contribution in [-0.2, 0) is 16.1 Å². The molecule has 25 heavy (non-hydrogen) atoms. The smallest absolute Gasteiger partial charge is 0.385 e. The lowest BCUT2D eigenvalue weighted by Crippen LogP contribution is -2.29. The molecule has 2 rings (SSSR count). The van der Waals surface area contributed by atoms with Crippen molar-refractivity contribution in [2.45, 2.75) is 26.1 Å². The zero-order valence-electron chi connectivity index (χ0n) is 13.9. The number of amides is 1. The third-order valence-corrected chi connectivity index (χ3v) is 3.86. The summed E-state index contributed by atoms with van der Waals surface area (Å²) in [7, 11) is 1.55. The van der Waals surface area contributed by atoms with Gasteiger partial charge in [0.25, 0.3) is 5.78 Å². The minimum atomic E-state index is -4.97. The Morgan fingerprint density at radius 3 is 2.56 bits per heavy atom. The lowest BCUT2D eigenvalue weighted by atomic mass is 10.1. The molecule has 8 heteroatoms. The largest absolute Gasteiger partial charge is 0.454 e. The Morgan fingerprint density at radius 1 is 1.24 bits per heavy atom. The van der Waals surface area contributed by atoms with Crippen LogP contribution in [0.1, 0.15) is 22.5 Å². The van der Waals surface area contributed by atoms with Gasteiger partial charge in [-0.05, 0) is 19.4 Å². The number of aromatic nitrogens is 1. The second-order valence-electron chi connectivity index (χ2n) is 5.59. The molecule has 0 saturated carbocycles. The van der Waals surface area contributed by atoms with Crippen molar-refractivity contribution in [2.75, 3.05) is 20.3 Å². The predicted molar refractivity (Wildman–Crippen MR) is 86.6 cm³/mol. The van der Waals surface area contributed by atoms with E-state index in [0.29, 0.717) is 25.1 Å². The van der Waals surface area contributed by atoms with E-state index in [1.165, 1.54) is 17.6 Å². The quantitative estimate of drug-likeness (QED) is 0.613. The molecule has 0 atom stereocenters. The third-order valence-electron chi connectivity index (χ3n) is 3.86. The molecular formula is C17H19F3N2O3. The van der Waals surface area contributed by atoms with Crippen molar-refractivity contribution in [3.63, 3.8) is 0 Å². The first-order valence-corrected chi connectivity index (χ1v) is 7.72. The van der Waals surface area contributed by atoms with Gasteiger partial charge in [0.15, 0.2) is 0 Å². The number of hydrogen-bond acceptors (Lipinski definition) is 3. The van der Waals surface area contributed by atoms with Crippen molar-refractivity contribution in [3.05, 3.63) is 35.5 Å². The highest BCUT2D eigenvalue weighted by molar-refractivity contribution is 6.12. The molecule has 0 saturated heterocycles. The van der Waals surface area contributed by atoms with E-state index in [0.717, 1.165) is 0 Å². The SMILES string of the molecule is COCCCNC(=O)Cn1c(C)c(C(=O)C(F)(F)F)c2ccccc21. The van der Waals surface area contributed by atoms with Gasteiger partial charge >= 0.3 is 6.18 Å². The fourth-order valence-corrected chi connectivity index (χ4v) is 2.71.